The summed E-state index contributed by atoms with van der Waals surface area (Å²) in [5.41, 5.74) is 0. The van der Waals surface area contributed by atoms with Gasteiger partial charge in [0.1, 0.15) is 11.5 Å². The molecular formula is C12H8BrCl2NO3S. The summed E-state index contributed by atoms with van der Waals surface area (Å²) in [5, 5.41) is 5.83. The van der Waals surface area contributed by atoms with Crippen LogP contribution in [0.2, 0.25) is 10.0 Å². The summed E-state index contributed by atoms with van der Waals surface area (Å²) in [6.07, 6.45) is 0. The van der Waals surface area contributed by atoms with Gasteiger partial charge in [-0.2, -0.15) is 0 Å². The largest absolute Gasteiger partial charge is 0.456 e. The van der Waals surface area contributed by atoms with Crippen LogP contribution >= 0.6 is 39.1 Å². The van der Waals surface area contributed by atoms with Crippen LogP contribution in [0, 0.1) is 0 Å². The van der Waals surface area contributed by atoms with Crippen LogP contribution in [0.1, 0.15) is 0 Å². The smallest absolute Gasteiger partial charge is 0.238 e. The van der Waals surface area contributed by atoms with Gasteiger partial charge in [0.2, 0.25) is 10.0 Å². The van der Waals surface area contributed by atoms with Crippen molar-refractivity contribution in [3.63, 3.8) is 0 Å². The van der Waals surface area contributed by atoms with Crippen molar-refractivity contribution in [1.29, 1.82) is 0 Å². The zero-order valence-corrected chi connectivity index (χ0v) is 13.7. The molecular weight excluding hydrogens is 389 g/mol. The summed E-state index contributed by atoms with van der Waals surface area (Å²) in [6, 6.07) is 8.82. The number of hydrogen-bond donors (Lipinski definition) is 1. The third-order valence-electron chi connectivity index (χ3n) is 2.35. The Morgan fingerprint density at radius 2 is 1.65 bits per heavy atom. The molecule has 2 rings (SSSR count). The van der Waals surface area contributed by atoms with Crippen molar-refractivity contribution in [2.75, 3.05) is 0 Å². The van der Waals surface area contributed by atoms with Gasteiger partial charge in [0.05, 0.1) is 14.9 Å². The van der Waals surface area contributed by atoms with E-state index >= 15 is 0 Å². The SMILES string of the molecule is NS(=O)(=O)c1ccc(Oc2cc(Cl)c(Br)cc2Cl)cc1. The summed E-state index contributed by atoms with van der Waals surface area (Å²) in [6.45, 7) is 0. The first-order valence-electron chi connectivity index (χ1n) is 5.22. The fourth-order valence-corrected chi connectivity index (χ4v) is 2.75. The Kier molecular flexibility index (Phi) is 4.61. The topological polar surface area (TPSA) is 69.4 Å². The number of hydrogen-bond acceptors (Lipinski definition) is 3. The van der Waals surface area contributed by atoms with Crippen molar-refractivity contribution in [3.8, 4) is 11.5 Å². The van der Waals surface area contributed by atoms with Crippen LogP contribution < -0.4 is 9.88 Å². The van der Waals surface area contributed by atoms with E-state index in [1.165, 1.54) is 24.3 Å². The molecule has 2 N–H and O–H groups in total. The fourth-order valence-electron chi connectivity index (χ4n) is 1.41. The normalized spacial score (nSPS) is 11.4. The molecule has 8 heteroatoms. The van der Waals surface area contributed by atoms with Crippen LogP contribution in [0.3, 0.4) is 0 Å². The molecule has 0 aliphatic rings. The first kappa shape index (κ1) is 15.6. The van der Waals surface area contributed by atoms with Gasteiger partial charge < -0.3 is 4.74 Å². The highest BCUT2D eigenvalue weighted by Gasteiger charge is 2.10. The van der Waals surface area contributed by atoms with Gasteiger partial charge in [-0.3, -0.25) is 0 Å². The van der Waals surface area contributed by atoms with E-state index in [9.17, 15) is 8.42 Å². The average molecular weight is 397 g/mol. The summed E-state index contributed by atoms with van der Waals surface area (Å²) in [4.78, 5) is 0.00443. The number of primary sulfonamides is 1. The van der Waals surface area contributed by atoms with Crippen molar-refractivity contribution >= 4 is 49.2 Å². The molecule has 2 aromatic rings. The molecule has 4 nitrogen and oxygen atoms in total. The Morgan fingerprint density at radius 1 is 1.05 bits per heavy atom. The quantitative estimate of drug-likeness (QED) is 0.790. The first-order chi connectivity index (χ1) is 9.27. The zero-order valence-electron chi connectivity index (χ0n) is 9.81. The van der Waals surface area contributed by atoms with Gasteiger partial charge in [-0.15, -0.1) is 0 Å². The van der Waals surface area contributed by atoms with E-state index < -0.39 is 10.0 Å². The maximum atomic E-state index is 11.1. The third-order valence-corrected chi connectivity index (χ3v) is 4.78. The van der Waals surface area contributed by atoms with Crippen LogP contribution in [0.15, 0.2) is 45.8 Å². The van der Waals surface area contributed by atoms with E-state index in [1.807, 2.05) is 0 Å². The van der Waals surface area contributed by atoms with Gasteiger partial charge in [0.15, 0.2) is 0 Å². The number of ether oxygens (including phenoxy) is 1. The minimum atomic E-state index is -3.72. The predicted octanol–water partition coefficient (Wildman–Crippen LogP) is 4.20. The lowest BCUT2D eigenvalue weighted by Gasteiger charge is -2.09. The third kappa shape index (κ3) is 3.65. The number of nitrogens with two attached hydrogens (primary N) is 1. The molecule has 0 aliphatic carbocycles. The monoisotopic (exact) mass is 395 g/mol. The van der Waals surface area contributed by atoms with Crippen LogP contribution in [0.4, 0.5) is 0 Å². The summed E-state index contributed by atoms with van der Waals surface area (Å²) in [7, 11) is -3.72. The number of sulfonamides is 1. The Bertz CT molecular complexity index is 748. The predicted molar refractivity (Wildman–Crippen MR) is 82.1 cm³/mol. The molecule has 0 bridgehead atoms. The molecule has 2 aromatic carbocycles. The molecule has 0 spiro atoms. The lowest BCUT2D eigenvalue weighted by Crippen LogP contribution is -2.11. The van der Waals surface area contributed by atoms with Gasteiger partial charge in [-0.25, -0.2) is 13.6 Å². The fraction of sp³-hybridized carbons (Fsp3) is 0. The Morgan fingerprint density at radius 3 is 2.20 bits per heavy atom. The standard InChI is InChI=1S/C12H8BrCl2NO3S/c13-9-5-11(15)12(6-10(9)14)19-7-1-3-8(4-2-7)20(16,17)18/h1-6H,(H2,16,17,18). The van der Waals surface area contributed by atoms with Crippen molar-refractivity contribution in [1.82, 2.24) is 0 Å². The maximum absolute atomic E-state index is 11.1. The molecule has 0 heterocycles. The summed E-state index contributed by atoms with van der Waals surface area (Å²) < 4.78 is 28.5. The van der Waals surface area contributed by atoms with Gasteiger partial charge >= 0.3 is 0 Å². The van der Waals surface area contributed by atoms with E-state index in [-0.39, 0.29) is 4.90 Å². The van der Waals surface area contributed by atoms with Gasteiger partial charge in [-0.05, 0) is 46.3 Å². The van der Waals surface area contributed by atoms with E-state index in [0.717, 1.165) is 0 Å². The molecule has 0 radical (unpaired) electrons. The highest BCUT2D eigenvalue weighted by atomic mass is 79.9. The van der Waals surface area contributed by atoms with E-state index in [1.54, 1.807) is 12.1 Å². The van der Waals surface area contributed by atoms with Gasteiger partial charge in [0, 0.05) is 10.5 Å². The molecule has 106 valence electrons. The molecule has 0 unspecified atom stereocenters. The average Bonchev–Trinajstić information content (AvgIpc) is 2.35. The molecule has 0 saturated carbocycles. The van der Waals surface area contributed by atoms with Crippen molar-refractivity contribution in [2.24, 2.45) is 5.14 Å². The highest BCUT2D eigenvalue weighted by molar-refractivity contribution is 9.10. The second-order valence-corrected chi connectivity index (χ2v) is 7.05. The van der Waals surface area contributed by atoms with Crippen molar-refractivity contribution in [2.45, 2.75) is 4.90 Å². The molecule has 0 atom stereocenters. The Labute approximate surface area is 134 Å². The second kappa shape index (κ2) is 5.91. The first-order valence-corrected chi connectivity index (χ1v) is 8.32. The lowest BCUT2D eigenvalue weighted by atomic mass is 10.3. The van der Waals surface area contributed by atoms with Crippen molar-refractivity contribution in [3.05, 3.63) is 50.9 Å². The minimum absolute atomic E-state index is 0.00443. The van der Waals surface area contributed by atoms with E-state index in [2.05, 4.69) is 15.9 Å². The number of benzene rings is 2. The zero-order chi connectivity index (χ0) is 14.9. The summed E-state index contributed by atoms with van der Waals surface area (Å²) in [5.74, 6) is 0.779. The van der Waals surface area contributed by atoms with E-state index in [4.69, 9.17) is 33.1 Å². The van der Waals surface area contributed by atoms with Gasteiger partial charge in [0.25, 0.3) is 0 Å². The van der Waals surface area contributed by atoms with E-state index in [0.29, 0.717) is 26.0 Å². The van der Waals surface area contributed by atoms with Crippen LogP contribution in [0.25, 0.3) is 0 Å². The molecule has 0 saturated heterocycles. The Hall–Kier alpha value is -0.790. The number of halogens is 3. The molecule has 20 heavy (non-hydrogen) atoms. The molecule has 0 aliphatic heterocycles. The van der Waals surface area contributed by atoms with Crippen LogP contribution in [0.5, 0.6) is 11.5 Å². The Balaban J connectivity index is 2.29. The molecule has 0 fully saturated rings. The lowest BCUT2D eigenvalue weighted by molar-refractivity contribution is 0.482. The molecule has 0 amide bonds. The maximum Gasteiger partial charge on any atom is 0.238 e. The van der Waals surface area contributed by atoms with Crippen LogP contribution in [-0.2, 0) is 10.0 Å². The molecule has 0 aromatic heterocycles. The second-order valence-electron chi connectivity index (χ2n) is 3.82. The minimum Gasteiger partial charge on any atom is -0.456 e. The van der Waals surface area contributed by atoms with Crippen molar-refractivity contribution < 1.29 is 13.2 Å². The number of rotatable bonds is 3. The van der Waals surface area contributed by atoms with Gasteiger partial charge in [-0.1, -0.05) is 23.2 Å². The summed E-state index contributed by atoms with van der Waals surface area (Å²) >= 11 is 15.2. The highest BCUT2D eigenvalue weighted by Crippen LogP contribution is 2.36. The van der Waals surface area contributed by atoms with Crippen LogP contribution in [-0.4, -0.2) is 8.42 Å².